The molecule has 0 aliphatic heterocycles. The topological polar surface area (TPSA) is 54.9 Å². The van der Waals surface area contributed by atoms with Gasteiger partial charge in [-0.1, -0.05) is 42.5 Å². The molecule has 0 aliphatic carbocycles. The Balaban J connectivity index is 0.00000300. The summed E-state index contributed by atoms with van der Waals surface area (Å²) in [7, 11) is 5.08. The summed E-state index contributed by atoms with van der Waals surface area (Å²) in [6, 6.07) is 20.9. The minimum Gasteiger partial charge on any atom is -0.493 e. The van der Waals surface area contributed by atoms with Crippen LogP contribution in [0.1, 0.15) is 11.1 Å². The normalized spacial score (nSPS) is 10.9. The van der Waals surface area contributed by atoms with E-state index in [1.165, 1.54) is 21.9 Å². The molecule has 2 N–H and O–H groups in total. The predicted molar refractivity (Wildman–Crippen MR) is 131 cm³/mol. The van der Waals surface area contributed by atoms with Gasteiger partial charge in [0.05, 0.1) is 14.2 Å². The molecule has 3 aromatic carbocycles. The van der Waals surface area contributed by atoms with Crippen molar-refractivity contribution in [3.63, 3.8) is 0 Å². The molecule has 154 valence electrons. The van der Waals surface area contributed by atoms with E-state index in [0.29, 0.717) is 0 Å². The summed E-state index contributed by atoms with van der Waals surface area (Å²) in [6.45, 7) is 1.49. The fourth-order valence-corrected chi connectivity index (χ4v) is 3.12. The van der Waals surface area contributed by atoms with Gasteiger partial charge in [0.1, 0.15) is 0 Å². The van der Waals surface area contributed by atoms with E-state index in [-0.39, 0.29) is 24.0 Å². The van der Waals surface area contributed by atoms with Crippen molar-refractivity contribution in [2.45, 2.75) is 13.0 Å². The Morgan fingerprint density at radius 3 is 2.28 bits per heavy atom. The zero-order valence-corrected chi connectivity index (χ0v) is 19.4. The molecular formula is C23H28IN3O2. The van der Waals surface area contributed by atoms with Crippen molar-refractivity contribution in [1.29, 1.82) is 0 Å². The maximum absolute atomic E-state index is 5.36. The number of rotatable bonds is 7. The second kappa shape index (κ2) is 11.5. The van der Waals surface area contributed by atoms with Crippen LogP contribution in [0, 0.1) is 0 Å². The lowest BCUT2D eigenvalue weighted by atomic mass is 10.1. The lowest BCUT2D eigenvalue weighted by molar-refractivity contribution is 0.354. The van der Waals surface area contributed by atoms with Gasteiger partial charge in [0.25, 0.3) is 0 Å². The SMILES string of the molecule is CN=C(NCCc1ccc(OC)c(OC)c1)NCc1ccc2ccccc2c1.I. The standard InChI is InChI=1S/C23H27N3O2.HI/c1-24-23(25-13-12-17-9-11-21(27-2)22(15-17)28-3)26-16-18-8-10-19-6-4-5-7-20(19)14-18;/h4-11,14-15H,12-13,16H2,1-3H3,(H2,24,25,26);1H. The number of ether oxygens (including phenoxy) is 2. The Morgan fingerprint density at radius 1 is 0.828 bits per heavy atom. The third-order valence-corrected chi connectivity index (χ3v) is 4.65. The molecule has 3 aromatic rings. The minimum atomic E-state index is 0. The Hall–Kier alpha value is -2.48. The summed E-state index contributed by atoms with van der Waals surface area (Å²) < 4.78 is 10.6. The van der Waals surface area contributed by atoms with Gasteiger partial charge in [-0.05, 0) is 46.5 Å². The smallest absolute Gasteiger partial charge is 0.191 e. The van der Waals surface area contributed by atoms with Gasteiger partial charge in [0.2, 0.25) is 0 Å². The van der Waals surface area contributed by atoms with E-state index < -0.39 is 0 Å². The molecule has 0 heterocycles. The van der Waals surface area contributed by atoms with Crippen molar-refractivity contribution in [3.05, 3.63) is 71.8 Å². The van der Waals surface area contributed by atoms with Gasteiger partial charge in [-0.25, -0.2) is 0 Å². The molecule has 0 fully saturated rings. The molecule has 0 atom stereocenters. The number of hydrogen-bond acceptors (Lipinski definition) is 3. The molecule has 5 nitrogen and oxygen atoms in total. The van der Waals surface area contributed by atoms with Crippen LogP contribution in [0.5, 0.6) is 11.5 Å². The van der Waals surface area contributed by atoms with Crippen LogP contribution in [0.25, 0.3) is 10.8 Å². The van der Waals surface area contributed by atoms with E-state index in [9.17, 15) is 0 Å². The van der Waals surface area contributed by atoms with Gasteiger partial charge >= 0.3 is 0 Å². The average Bonchev–Trinajstić information content (AvgIpc) is 2.75. The third kappa shape index (κ3) is 6.25. The first-order valence-corrected chi connectivity index (χ1v) is 9.36. The van der Waals surface area contributed by atoms with E-state index >= 15 is 0 Å². The minimum absolute atomic E-state index is 0. The number of fused-ring (bicyclic) bond motifs is 1. The van der Waals surface area contributed by atoms with Gasteiger partial charge in [0, 0.05) is 20.1 Å². The summed E-state index contributed by atoms with van der Waals surface area (Å²) in [6.07, 6.45) is 0.858. The van der Waals surface area contributed by atoms with E-state index in [2.05, 4.69) is 58.1 Å². The maximum Gasteiger partial charge on any atom is 0.191 e. The van der Waals surface area contributed by atoms with Gasteiger partial charge < -0.3 is 20.1 Å². The van der Waals surface area contributed by atoms with Crippen molar-refractivity contribution in [2.24, 2.45) is 4.99 Å². The fraction of sp³-hybridized carbons (Fsp3) is 0.261. The van der Waals surface area contributed by atoms with Crippen LogP contribution in [0.3, 0.4) is 0 Å². The molecule has 0 aromatic heterocycles. The third-order valence-electron chi connectivity index (χ3n) is 4.65. The zero-order chi connectivity index (χ0) is 19.8. The van der Waals surface area contributed by atoms with Crippen LogP contribution in [-0.2, 0) is 13.0 Å². The van der Waals surface area contributed by atoms with Crippen LogP contribution in [-0.4, -0.2) is 33.8 Å². The highest BCUT2D eigenvalue weighted by Gasteiger charge is 2.05. The first-order chi connectivity index (χ1) is 13.7. The highest BCUT2D eigenvalue weighted by molar-refractivity contribution is 14.0. The summed E-state index contributed by atoms with van der Waals surface area (Å²) >= 11 is 0. The number of benzene rings is 3. The van der Waals surface area contributed by atoms with E-state index in [4.69, 9.17) is 9.47 Å². The Labute approximate surface area is 189 Å². The number of nitrogens with zero attached hydrogens (tertiary/aromatic N) is 1. The number of aliphatic imine (C=N–C) groups is 1. The Kier molecular flexibility index (Phi) is 9.05. The van der Waals surface area contributed by atoms with E-state index in [0.717, 1.165) is 37.0 Å². The molecule has 0 unspecified atom stereocenters. The number of hydrogen-bond donors (Lipinski definition) is 2. The largest absolute Gasteiger partial charge is 0.493 e. The highest BCUT2D eigenvalue weighted by Crippen LogP contribution is 2.27. The summed E-state index contributed by atoms with van der Waals surface area (Å²) in [5.74, 6) is 2.28. The predicted octanol–water partition coefficient (Wildman–Crippen LogP) is 4.38. The van der Waals surface area contributed by atoms with Gasteiger partial charge in [-0.3, -0.25) is 4.99 Å². The molecule has 0 amide bonds. The number of nitrogens with one attached hydrogen (secondary N) is 2. The van der Waals surface area contributed by atoms with Crippen molar-refractivity contribution >= 4 is 40.7 Å². The molecule has 3 rings (SSSR count). The van der Waals surface area contributed by atoms with Gasteiger partial charge in [-0.15, -0.1) is 24.0 Å². The van der Waals surface area contributed by atoms with Crippen LogP contribution in [0.15, 0.2) is 65.7 Å². The summed E-state index contributed by atoms with van der Waals surface area (Å²) in [4.78, 5) is 4.31. The second-order valence-electron chi connectivity index (χ2n) is 6.47. The molecule has 0 saturated carbocycles. The van der Waals surface area contributed by atoms with E-state index in [1.54, 1.807) is 21.3 Å². The average molecular weight is 505 g/mol. The first-order valence-electron chi connectivity index (χ1n) is 9.36. The molecule has 0 aliphatic rings. The van der Waals surface area contributed by atoms with Gasteiger partial charge in [0.15, 0.2) is 17.5 Å². The van der Waals surface area contributed by atoms with Crippen LogP contribution in [0.2, 0.25) is 0 Å². The molecule has 0 radical (unpaired) electrons. The molecule has 0 bridgehead atoms. The summed E-state index contributed by atoms with van der Waals surface area (Å²) in [5, 5.41) is 9.23. The molecule has 0 spiro atoms. The fourth-order valence-electron chi connectivity index (χ4n) is 3.12. The lowest BCUT2D eigenvalue weighted by Crippen LogP contribution is -2.37. The number of methoxy groups -OCH3 is 2. The number of guanidine groups is 1. The first kappa shape index (κ1) is 22.8. The van der Waals surface area contributed by atoms with Crippen molar-refractivity contribution in [3.8, 4) is 11.5 Å². The quantitative estimate of drug-likeness (QED) is 0.284. The van der Waals surface area contributed by atoms with Crippen molar-refractivity contribution < 1.29 is 9.47 Å². The Bertz CT molecular complexity index is 960. The van der Waals surface area contributed by atoms with E-state index in [1.807, 2.05) is 18.2 Å². The zero-order valence-electron chi connectivity index (χ0n) is 17.1. The Morgan fingerprint density at radius 2 is 1.55 bits per heavy atom. The van der Waals surface area contributed by atoms with Crippen molar-refractivity contribution in [2.75, 3.05) is 27.8 Å². The maximum atomic E-state index is 5.36. The van der Waals surface area contributed by atoms with Crippen molar-refractivity contribution in [1.82, 2.24) is 10.6 Å². The second-order valence-corrected chi connectivity index (χ2v) is 6.47. The molecular weight excluding hydrogens is 477 g/mol. The molecule has 6 heteroatoms. The highest BCUT2D eigenvalue weighted by atomic mass is 127. The summed E-state index contributed by atoms with van der Waals surface area (Å²) in [5.41, 5.74) is 2.40. The molecule has 0 saturated heterocycles. The van der Waals surface area contributed by atoms with Crippen LogP contribution in [0.4, 0.5) is 0 Å². The number of halogens is 1. The van der Waals surface area contributed by atoms with Gasteiger partial charge in [-0.2, -0.15) is 0 Å². The monoisotopic (exact) mass is 505 g/mol. The van der Waals surface area contributed by atoms with Crippen LogP contribution >= 0.6 is 24.0 Å². The van der Waals surface area contributed by atoms with Crippen LogP contribution < -0.4 is 20.1 Å². The molecule has 29 heavy (non-hydrogen) atoms. The lowest BCUT2D eigenvalue weighted by Gasteiger charge is -2.13.